The Labute approximate surface area is 103 Å². The number of amides is 1. The Morgan fingerprint density at radius 1 is 1.29 bits per heavy atom. The molecule has 0 radical (unpaired) electrons. The Hall–Kier alpha value is -1.31. The number of hydrogen-bond donors (Lipinski definition) is 1. The van der Waals surface area contributed by atoms with Gasteiger partial charge in [0.05, 0.1) is 0 Å². The number of nitrogens with one attached hydrogen (secondary N) is 1. The van der Waals surface area contributed by atoms with Gasteiger partial charge >= 0.3 is 0 Å². The van der Waals surface area contributed by atoms with Crippen LogP contribution in [0.5, 0.6) is 0 Å². The van der Waals surface area contributed by atoms with Gasteiger partial charge in [0, 0.05) is 17.9 Å². The summed E-state index contributed by atoms with van der Waals surface area (Å²) in [6, 6.07) is 8.98. The normalized spacial score (nSPS) is 28.2. The predicted molar refractivity (Wildman–Crippen MR) is 70.0 cm³/mol. The van der Waals surface area contributed by atoms with Gasteiger partial charge in [0.25, 0.3) is 0 Å². The molecule has 1 aromatic carbocycles. The summed E-state index contributed by atoms with van der Waals surface area (Å²) in [5.41, 5.74) is 2.64. The molecule has 1 aromatic rings. The molecule has 0 bridgehead atoms. The molecule has 0 aliphatic carbocycles. The van der Waals surface area contributed by atoms with Crippen LogP contribution in [0.15, 0.2) is 24.3 Å². The molecule has 2 unspecified atom stereocenters. The van der Waals surface area contributed by atoms with E-state index in [9.17, 15) is 4.79 Å². The van der Waals surface area contributed by atoms with Gasteiger partial charge in [0.1, 0.15) is 0 Å². The molecule has 0 saturated carbocycles. The molecular formula is C15H21NO. The number of carbonyl (C=O) groups excluding carboxylic acids is 1. The van der Waals surface area contributed by atoms with Crippen LogP contribution in [0.25, 0.3) is 0 Å². The van der Waals surface area contributed by atoms with Crippen molar-refractivity contribution < 1.29 is 4.79 Å². The summed E-state index contributed by atoms with van der Waals surface area (Å²) in [7, 11) is 0. The van der Waals surface area contributed by atoms with Crippen LogP contribution in [0.3, 0.4) is 0 Å². The number of benzene rings is 1. The van der Waals surface area contributed by atoms with Crippen LogP contribution >= 0.6 is 0 Å². The number of rotatable bonds is 3. The van der Waals surface area contributed by atoms with E-state index in [0.29, 0.717) is 6.42 Å². The number of carbonyl (C=O) groups is 1. The maximum Gasteiger partial charge on any atom is 0.221 e. The fourth-order valence-corrected chi connectivity index (χ4v) is 2.93. The van der Waals surface area contributed by atoms with Gasteiger partial charge < -0.3 is 5.32 Å². The molecular weight excluding hydrogens is 210 g/mol. The van der Waals surface area contributed by atoms with Crippen LogP contribution in [0.2, 0.25) is 0 Å². The average molecular weight is 231 g/mol. The van der Waals surface area contributed by atoms with E-state index < -0.39 is 0 Å². The molecule has 92 valence electrons. The van der Waals surface area contributed by atoms with Crippen molar-refractivity contribution in [3.63, 3.8) is 0 Å². The molecule has 1 saturated heterocycles. The van der Waals surface area contributed by atoms with Gasteiger partial charge in [-0.25, -0.2) is 0 Å². The molecule has 1 aliphatic heterocycles. The summed E-state index contributed by atoms with van der Waals surface area (Å²) in [6.07, 6.45) is 2.68. The van der Waals surface area contributed by atoms with Crippen molar-refractivity contribution in [3.05, 3.63) is 35.4 Å². The van der Waals surface area contributed by atoms with Crippen LogP contribution in [-0.2, 0) is 16.6 Å². The zero-order valence-electron chi connectivity index (χ0n) is 10.9. The van der Waals surface area contributed by atoms with E-state index in [4.69, 9.17) is 0 Å². The van der Waals surface area contributed by atoms with Crippen molar-refractivity contribution in [2.75, 3.05) is 0 Å². The Balaban J connectivity index is 2.37. The van der Waals surface area contributed by atoms with Crippen LogP contribution in [-0.4, -0.2) is 11.9 Å². The molecule has 17 heavy (non-hydrogen) atoms. The molecule has 2 atom stereocenters. The zero-order valence-corrected chi connectivity index (χ0v) is 10.9. The SMILES string of the molecule is CCc1ccc(C2(CC)CC(=O)NC2C)cc1. The van der Waals surface area contributed by atoms with Crippen LogP contribution in [0, 0.1) is 0 Å². The molecule has 2 rings (SSSR count). The first-order valence-electron chi connectivity index (χ1n) is 6.51. The Kier molecular flexibility index (Phi) is 3.23. The topological polar surface area (TPSA) is 29.1 Å². The van der Waals surface area contributed by atoms with E-state index in [1.54, 1.807) is 0 Å². The first kappa shape index (κ1) is 12.2. The van der Waals surface area contributed by atoms with Gasteiger partial charge in [-0.3, -0.25) is 4.79 Å². The second-order valence-electron chi connectivity index (χ2n) is 5.03. The Bertz CT molecular complexity index is 409. The maximum absolute atomic E-state index is 11.6. The maximum atomic E-state index is 11.6. The Morgan fingerprint density at radius 3 is 2.35 bits per heavy atom. The molecule has 1 fully saturated rings. The second-order valence-corrected chi connectivity index (χ2v) is 5.03. The third-order valence-corrected chi connectivity index (χ3v) is 4.25. The molecule has 1 N–H and O–H groups in total. The highest BCUT2D eigenvalue weighted by molar-refractivity contribution is 5.81. The van der Waals surface area contributed by atoms with Gasteiger partial charge in [0.2, 0.25) is 5.91 Å². The summed E-state index contributed by atoms with van der Waals surface area (Å²) in [5.74, 6) is 0.180. The predicted octanol–water partition coefficient (Wildman–Crippen LogP) is 2.81. The fraction of sp³-hybridized carbons (Fsp3) is 0.533. The second kappa shape index (κ2) is 4.52. The number of hydrogen-bond acceptors (Lipinski definition) is 1. The minimum Gasteiger partial charge on any atom is -0.353 e. The minimum atomic E-state index is -0.0106. The van der Waals surface area contributed by atoms with Gasteiger partial charge in [0.15, 0.2) is 0 Å². The molecule has 1 aliphatic rings. The van der Waals surface area contributed by atoms with Crippen LogP contribution in [0.4, 0.5) is 0 Å². The van der Waals surface area contributed by atoms with Crippen molar-refractivity contribution in [2.45, 2.75) is 51.5 Å². The highest BCUT2D eigenvalue weighted by atomic mass is 16.2. The minimum absolute atomic E-state index is 0.0106. The van der Waals surface area contributed by atoms with Crippen molar-refractivity contribution in [2.24, 2.45) is 0 Å². The lowest BCUT2D eigenvalue weighted by Crippen LogP contribution is -2.37. The summed E-state index contributed by atoms with van der Waals surface area (Å²) < 4.78 is 0. The van der Waals surface area contributed by atoms with E-state index in [-0.39, 0.29) is 17.4 Å². The molecule has 1 heterocycles. The summed E-state index contributed by atoms with van der Waals surface area (Å²) in [6.45, 7) is 6.44. The van der Waals surface area contributed by atoms with Gasteiger partial charge in [-0.2, -0.15) is 0 Å². The Morgan fingerprint density at radius 2 is 1.94 bits per heavy atom. The average Bonchev–Trinajstić information content (AvgIpc) is 2.65. The zero-order chi connectivity index (χ0) is 12.5. The fourth-order valence-electron chi connectivity index (χ4n) is 2.93. The molecule has 0 spiro atoms. The molecule has 1 amide bonds. The standard InChI is InChI=1S/C15H21NO/c1-4-12-6-8-13(9-7-12)15(5-2)10-14(17)16-11(15)3/h6-9,11H,4-5,10H2,1-3H3,(H,16,17). The van der Waals surface area contributed by atoms with E-state index >= 15 is 0 Å². The first-order chi connectivity index (χ1) is 8.12. The van der Waals surface area contributed by atoms with Crippen molar-refractivity contribution >= 4 is 5.91 Å². The summed E-state index contributed by atoms with van der Waals surface area (Å²) in [5, 5.41) is 3.05. The van der Waals surface area contributed by atoms with E-state index in [0.717, 1.165) is 12.8 Å². The largest absolute Gasteiger partial charge is 0.353 e. The van der Waals surface area contributed by atoms with Gasteiger partial charge in [-0.1, -0.05) is 38.1 Å². The summed E-state index contributed by atoms with van der Waals surface area (Å²) >= 11 is 0. The lowest BCUT2D eigenvalue weighted by Gasteiger charge is -2.31. The first-order valence-corrected chi connectivity index (χ1v) is 6.51. The third-order valence-electron chi connectivity index (χ3n) is 4.25. The summed E-state index contributed by atoms with van der Waals surface area (Å²) in [4.78, 5) is 11.6. The van der Waals surface area contributed by atoms with Crippen LogP contribution < -0.4 is 5.32 Å². The lowest BCUT2D eigenvalue weighted by molar-refractivity contribution is -0.119. The molecule has 2 nitrogen and oxygen atoms in total. The van der Waals surface area contributed by atoms with E-state index in [2.05, 4.69) is 50.4 Å². The highest BCUT2D eigenvalue weighted by Crippen LogP contribution is 2.39. The van der Waals surface area contributed by atoms with Crippen LogP contribution in [0.1, 0.15) is 44.7 Å². The monoisotopic (exact) mass is 231 g/mol. The van der Waals surface area contributed by atoms with E-state index in [1.807, 2.05) is 0 Å². The van der Waals surface area contributed by atoms with Gasteiger partial charge in [-0.15, -0.1) is 0 Å². The highest BCUT2D eigenvalue weighted by Gasteiger charge is 2.44. The van der Waals surface area contributed by atoms with E-state index in [1.165, 1.54) is 11.1 Å². The smallest absolute Gasteiger partial charge is 0.221 e. The van der Waals surface area contributed by atoms with Crippen molar-refractivity contribution in [3.8, 4) is 0 Å². The number of aryl methyl sites for hydroxylation is 1. The quantitative estimate of drug-likeness (QED) is 0.851. The van der Waals surface area contributed by atoms with Gasteiger partial charge in [-0.05, 0) is 30.9 Å². The lowest BCUT2D eigenvalue weighted by atomic mass is 9.72. The molecule has 2 heteroatoms. The van der Waals surface area contributed by atoms with Crippen molar-refractivity contribution in [1.29, 1.82) is 0 Å². The van der Waals surface area contributed by atoms with Crippen molar-refractivity contribution in [1.82, 2.24) is 5.32 Å². The third kappa shape index (κ3) is 1.97. The molecule has 0 aromatic heterocycles.